The summed E-state index contributed by atoms with van der Waals surface area (Å²) in [5.74, 6) is 0. The predicted molar refractivity (Wildman–Crippen MR) is 79.7 cm³/mol. The van der Waals surface area contributed by atoms with Gasteiger partial charge in [-0.3, -0.25) is 0 Å². The maximum atomic E-state index is 2.55. The van der Waals surface area contributed by atoms with Crippen molar-refractivity contribution in [3.05, 3.63) is 11.6 Å². The SMILES string of the molecule is CCc1c[c]([Sn]([CH3])([CH3])[CH3])s[c]1[Sn]([CH3])([CH3])[CH3]. The van der Waals surface area contributed by atoms with Gasteiger partial charge < -0.3 is 0 Å². The fourth-order valence-corrected chi connectivity index (χ4v) is 17.8. The number of rotatable bonds is 3. The summed E-state index contributed by atoms with van der Waals surface area (Å²) in [6.45, 7) is 2.31. The molecule has 0 nitrogen and oxygen atoms in total. The van der Waals surface area contributed by atoms with Crippen molar-refractivity contribution in [2.75, 3.05) is 0 Å². The first-order valence-corrected chi connectivity index (χ1v) is 26.6. The molecular weight excluding hydrogens is 414 g/mol. The Morgan fingerprint density at radius 2 is 1.53 bits per heavy atom. The van der Waals surface area contributed by atoms with E-state index in [4.69, 9.17) is 0 Å². The van der Waals surface area contributed by atoms with Gasteiger partial charge >= 0.3 is 108 Å². The fourth-order valence-electron chi connectivity index (χ4n) is 1.70. The Kier molecular flexibility index (Phi) is 4.68. The number of hydrogen-bond acceptors (Lipinski definition) is 1. The van der Waals surface area contributed by atoms with Gasteiger partial charge in [0.15, 0.2) is 0 Å². The second-order valence-corrected chi connectivity index (χ2v) is 38.1. The van der Waals surface area contributed by atoms with Gasteiger partial charge in [-0.25, -0.2) is 0 Å². The normalized spacial score (nSPS) is 13.3. The molecule has 1 heterocycles. The molecule has 0 saturated heterocycles. The van der Waals surface area contributed by atoms with E-state index in [-0.39, 0.29) is 0 Å². The van der Waals surface area contributed by atoms with Gasteiger partial charge in [0.05, 0.1) is 0 Å². The van der Waals surface area contributed by atoms with E-state index in [2.05, 4.69) is 54.0 Å². The summed E-state index contributed by atoms with van der Waals surface area (Å²) in [4.78, 5) is 15.2. The van der Waals surface area contributed by atoms with Crippen molar-refractivity contribution in [2.24, 2.45) is 0 Å². The van der Waals surface area contributed by atoms with Crippen LogP contribution in [0.4, 0.5) is 0 Å². The number of thiophene rings is 1. The summed E-state index contributed by atoms with van der Waals surface area (Å²) >= 11 is -1.46. The summed E-state index contributed by atoms with van der Waals surface area (Å²) in [5.41, 5.74) is 1.69. The molecule has 15 heavy (non-hydrogen) atoms. The summed E-state index contributed by atoms with van der Waals surface area (Å²) in [5, 5.41) is 0. The topological polar surface area (TPSA) is 0 Å². The molecule has 0 atom stereocenters. The van der Waals surface area contributed by atoms with Crippen LogP contribution in [0.25, 0.3) is 0 Å². The third kappa shape index (κ3) is 3.63. The molecule has 0 bridgehead atoms. The van der Waals surface area contributed by atoms with Gasteiger partial charge in [-0.15, -0.1) is 0 Å². The van der Waals surface area contributed by atoms with Crippen LogP contribution >= 0.6 is 11.3 Å². The molecule has 86 valence electrons. The van der Waals surface area contributed by atoms with Crippen molar-refractivity contribution in [2.45, 2.75) is 43.0 Å². The van der Waals surface area contributed by atoms with Gasteiger partial charge in [0.2, 0.25) is 0 Å². The first-order chi connectivity index (χ1) is 6.66. The monoisotopic (exact) mass is 440 g/mol. The molecule has 0 aliphatic carbocycles. The second-order valence-electron chi connectivity index (χ2n) is 6.32. The van der Waals surface area contributed by atoms with E-state index in [1.807, 2.05) is 2.89 Å². The predicted octanol–water partition coefficient (Wildman–Crippen LogP) is 3.40. The van der Waals surface area contributed by atoms with Gasteiger partial charge in [-0.2, -0.15) is 0 Å². The minimum absolute atomic E-state index is 1.24. The molecule has 0 aliphatic heterocycles. The molecule has 0 N–H and O–H groups in total. The summed E-state index contributed by atoms with van der Waals surface area (Å²) in [6, 6.07) is 2.55. The summed E-state index contributed by atoms with van der Waals surface area (Å²) in [7, 11) is 0. The Morgan fingerprint density at radius 3 is 1.80 bits per heavy atom. The van der Waals surface area contributed by atoms with Crippen molar-refractivity contribution in [3.8, 4) is 0 Å². The van der Waals surface area contributed by atoms with Crippen molar-refractivity contribution < 1.29 is 0 Å². The Morgan fingerprint density at radius 1 is 1.00 bits per heavy atom. The zero-order chi connectivity index (χ0) is 11.9. The molecule has 0 aliphatic rings. The average Bonchev–Trinajstić information content (AvgIpc) is 2.44. The molecule has 1 aromatic rings. The van der Waals surface area contributed by atoms with Crippen LogP contribution in [0.15, 0.2) is 6.07 Å². The maximum absolute atomic E-state index is 2.55. The zero-order valence-corrected chi connectivity index (χ0v) is 17.7. The minimum atomic E-state index is -1.84. The van der Waals surface area contributed by atoms with Gasteiger partial charge in [0.25, 0.3) is 0 Å². The summed E-state index contributed by atoms with van der Waals surface area (Å²) in [6.07, 6.45) is 1.24. The number of hydrogen-bond donors (Lipinski definition) is 0. The molecule has 0 aromatic carbocycles. The molecular formula is C12H24SSn2. The van der Waals surface area contributed by atoms with Crippen LogP contribution in [-0.4, -0.2) is 36.8 Å². The Labute approximate surface area is 107 Å². The van der Waals surface area contributed by atoms with Crippen LogP contribution in [0, 0.1) is 0 Å². The molecule has 3 heteroatoms. The number of aryl methyl sites for hydroxylation is 1. The standard InChI is InChI=1S/C6H6S.6CH3.2Sn/c1-2-6-3-4-7-5-6;;;;;;;;/h3H,2H2,1H3;6*1H3;;. The fraction of sp³-hybridized carbons (Fsp3) is 0.667. The van der Waals surface area contributed by atoms with Crippen molar-refractivity contribution in [3.63, 3.8) is 0 Å². The summed E-state index contributed by atoms with van der Waals surface area (Å²) < 4.78 is 3.61. The molecule has 1 aromatic heterocycles. The first kappa shape index (κ1) is 14.4. The third-order valence-corrected chi connectivity index (χ3v) is 22.8. The van der Waals surface area contributed by atoms with Gasteiger partial charge in [-0.1, -0.05) is 0 Å². The van der Waals surface area contributed by atoms with Gasteiger partial charge in [-0.05, 0) is 0 Å². The molecule has 1 rings (SSSR count). The second kappa shape index (κ2) is 4.89. The van der Waals surface area contributed by atoms with Crippen LogP contribution in [0.2, 0.25) is 29.6 Å². The van der Waals surface area contributed by atoms with Crippen molar-refractivity contribution in [1.29, 1.82) is 0 Å². The van der Waals surface area contributed by atoms with E-state index in [1.54, 1.807) is 8.46 Å². The molecule has 0 saturated carbocycles. The van der Waals surface area contributed by atoms with E-state index >= 15 is 0 Å². The van der Waals surface area contributed by atoms with Crippen LogP contribution in [0.3, 0.4) is 0 Å². The van der Waals surface area contributed by atoms with Crippen LogP contribution < -0.4 is 5.79 Å². The van der Waals surface area contributed by atoms with Crippen LogP contribution in [0.1, 0.15) is 12.5 Å². The van der Waals surface area contributed by atoms with Gasteiger partial charge in [0.1, 0.15) is 0 Å². The van der Waals surface area contributed by atoms with Crippen LogP contribution in [-0.2, 0) is 6.42 Å². The van der Waals surface area contributed by atoms with E-state index in [0.29, 0.717) is 0 Å². The van der Waals surface area contributed by atoms with Gasteiger partial charge in [0, 0.05) is 0 Å². The van der Waals surface area contributed by atoms with E-state index in [0.717, 1.165) is 0 Å². The van der Waals surface area contributed by atoms with E-state index in [9.17, 15) is 0 Å². The average molecular weight is 438 g/mol. The molecule has 0 spiro atoms. The van der Waals surface area contributed by atoms with E-state index in [1.165, 1.54) is 6.42 Å². The Bertz CT molecular complexity index is 339. The van der Waals surface area contributed by atoms with E-state index < -0.39 is 36.8 Å². The quantitative estimate of drug-likeness (QED) is 0.636. The Balaban J connectivity index is 3.24. The van der Waals surface area contributed by atoms with Crippen molar-refractivity contribution >= 4 is 53.9 Å². The molecule has 0 amide bonds. The molecule has 0 fully saturated rings. The molecule has 0 unspecified atom stereocenters. The van der Waals surface area contributed by atoms with Crippen LogP contribution in [0.5, 0.6) is 0 Å². The first-order valence-electron chi connectivity index (χ1n) is 5.80. The third-order valence-electron chi connectivity index (χ3n) is 2.61. The zero-order valence-electron chi connectivity index (χ0n) is 11.2. The Hall–Kier alpha value is 1.30. The van der Waals surface area contributed by atoms with Crippen molar-refractivity contribution in [1.82, 2.24) is 0 Å². The molecule has 0 radical (unpaired) electrons.